The molecule has 0 aliphatic carbocycles. The van der Waals surface area contributed by atoms with Crippen LogP contribution in [0, 0.1) is 6.92 Å². The number of aromatic nitrogens is 2. The van der Waals surface area contributed by atoms with Gasteiger partial charge in [0.1, 0.15) is 0 Å². The van der Waals surface area contributed by atoms with Crippen LogP contribution >= 0.6 is 11.6 Å². The molecule has 1 aromatic heterocycles. The van der Waals surface area contributed by atoms with E-state index in [0.717, 1.165) is 16.8 Å². The molecule has 0 fully saturated rings. The Bertz CT molecular complexity index is 1140. The third-order valence-electron chi connectivity index (χ3n) is 5.02. The first-order chi connectivity index (χ1) is 15.3. The second-order valence-electron chi connectivity index (χ2n) is 7.65. The number of hydrogen-bond donors (Lipinski definition) is 1. The highest BCUT2D eigenvalue weighted by Gasteiger charge is 2.19. The maximum atomic E-state index is 12.7. The number of aryl methyl sites for hydroxylation is 1. The van der Waals surface area contributed by atoms with Crippen LogP contribution in [0.3, 0.4) is 0 Å². The van der Waals surface area contributed by atoms with Gasteiger partial charge in [0.25, 0.3) is 11.5 Å². The van der Waals surface area contributed by atoms with E-state index in [4.69, 9.17) is 16.3 Å². The number of benzene rings is 2. The lowest BCUT2D eigenvalue weighted by molar-refractivity contribution is -0.128. The summed E-state index contributed by atoms with van der Waals surface area (Å²) >= 11 is 6.09. The summed E-state index contributed by atoms with van der Waals surface area (Å²) in [6.07, 6.45) is -0.294. The van der Waals surface area contributed by atoms with Crippen LogP contribution in [-0.2, 0) is 11.3 Å². The van der Waals surface area contributed by atoms with Crippen LogP contribution in [0.4, 0.5) is 5.69 Å². The highest BCUT2D eigenvalue weighted by molar-refractivity contribution is 6.30. The molecule has 7 nitrogen and oxygen atoms in total. The Morgan fingerprint density at radius 3 is 2.53 bits per heavy atom. The first-order valence-corrected chi connectivity index (χ1v) is 10.7. The van der Waals surface area contributed by atoms with Crippen LogP contribution in [0.5, 0.6) is 5.88 Å². The van der Waals surface area contributed by atoms with E-state index >= 15 is 0 Å². The van der Waals surface area contributed by atoms with Gasteiger partial charge in [-0.3, -0.25) is 9.59 Å². The van der Waals surface area contributed by atoms with Crippen LogP contribution < -0.4 is 20.5 Å². The maximum Gasteiger partial charge on any atom is 0.271 e. The quantitative estimate of drug-likeness (QED) is 0.561. The molecule has 0 spiro atoms. The summed E-state index contributed by atoms with van der Waals surface area (Å²) in [6.45, 7) is 4.11. The van der Waals surface area contributed by atoms with Gasteiger partial charge in [0, 0.05) is 43.5 Å². The Morgan fingerprint density at radius 2 is 1.88 bits per heavy atom. The molecule has 0 saturated heterocycles. The lowest BCUT2D eigenvalue weighted by Gasteiger charge is -2.18. The number of ether oxygens (including phenoxy) is 1. The molecule has 8 heteroatoms. The number of hydrogen-bond acceptors (Lipinski definition) is 5. The van der Waals surface area contributed by atoms with E-state index in [9.17, 15) is 9.59 Å². The molecule has 2 aromatic carbocycles. The number of nitrogens with zero attached hydrogens (tertiary/aromatic N) is 3. The van der Waals surface area contributed by atoms with E-state index in [1.807, 2.05) is 63.2 Å². The van der Waals surface area contributed by atoms with Crippen LogP contribution in [0.1, 0.15) is 24.5 Å². The minimum absolute atomic E-state index is 0.182. The summed E-state index contributed by atoms with van der Waals surface area (Å²) in [4.78, 5) is 27.1. The van der Waals surface area contributed by atoms with Crippen molar-refractivity contribution in [2.75, 3.05) is 19.0 Å². The molecule has 168 valence electrons. The summed E-state index contributed by atoms with van der Waals surface area (Å²) in [5, 5.41) is 7.70. The number of nitrogens with one attached hydrogen (secondary N) is 1. The van der Waals surface area contributed by atoms with Gasteiger partial charge < -0.3 is 15.0 Å². The predicted octanol–water partition coefficient (Wildman–Crippen LogP) is 3.73. The second-order valence-corrected chi connectivity index (χ2v) is 8.08. The Labute approximate surface area is 192 Å². The molecule has 3 aromatic rings. The number of rotatable bonds is 8. The topological polar surface area (TPSA) is 76.5 Å². The lowest BCUT2D eigenvalue weighted by Crippen LogP contribution is -2.38. The Hall–Kier alpha value is -3.32. The molecule has 0 aliphatic heterocycles. The van der Waals surface area contributed by atoms with Gasteiger partial charge in [-0.1, -0.05) is 36.7 Å². The highest BCUT2D eigenvalue weighted by Crippen LogP contribution is 2.19. The molecule has 0 saturated carbocycles. The molecule has 0 radical (unpaired) electrons. The van der Waals surface area contributed by atoms with Gasteiger partial charge in [0.05, 0.1) is 5.69 Å². The average molecular weight is 455 g/mol. The highest BCUT2D eigenvalue weighted by atomic mass is 35.5. The van der Waals surface area contributed by atoms with Crippen LogP contribution in [-0.4, -0.2) is 35.9 Å². The minimum Gasteiger partial charge on any atom is -0.463 e. The zero-order valence-corrected chi connectivity index (χ0v) is 19.4. The fourth-order valence-electron chi connectivity index (χ4n) is 3.12. The molecule has 1 N–H and O–H groups in total. The third-order valence-corrected chi connectivity index (χ3v) is 5.26. The maximum absolute atomic E-state index is 12.7. The van der Waals surface area contributed by atoms with Crippen LogP contribution in [0.2, 0.25) is 5.02 Å². The van der Waals surface area contributed by atoms with Crippen molar-refractivity contribution in [3.8, 4) is 11.6 Å². The van der Waals surface area contributed by atoms with Gasteiger partial charge in [0.2, 0.25) is 5.88 Å². The Kier molecular flexibility index (Phi) is 7.53. The summed E-state index contributed by atoms with van der Waals surface area (Å²) < 4.78 is 7.06. The molecule has 0 bridgehead atoms. The van der Waals surface area contributed by atoms with E-state index in [2.05, 4.69) is 10.4 Å². The predicted molar refractivity (Wildman–Crippen MR) is 127 cm³/mol. The molecular weight excluding hydrogens is 428 g/mol. The standard InChI is InChI=1S/C24H27ClN4O3/c1-5-21(24(31)26-15-17-7-10-19(11-8-17)28(3)4)32-22-12-13-23(30)29(27-22)20-14-18(25)9-6-16(20)2/h6-14,21H,5,15H2,1-4H3,(H,26,31)/t21-/m1/s1. The first-order valence-electron chi connectivity index (χ1n) is 10.4. The van der Waals surface area contributed by atoms with Crippen molar-refractivity contribution in [3.63, 3.8) is 0 Å². The fraction of sp³-hybridized carbons (Fsp3) is 0.292. The average Bonchev–Trinajstić information content (AvgIpc) is 2.78. The van der Waals surface area contributed by atoms with Gasteiger partial charge in [-0.25, -0.2) is 0 Å². The molecular formula is C24H27ClN4O3. The summed E-state index contributed by atoms with van der Waals surface area (Å²) in [5.74, 6) is -0.0658. The number of carbonyl (C=O) groups is 1. The minimum atomic E-state index is -0.741. The van der Waals surface area contributed by atoms with Crippen molar-refractivity contribution in [2.45, 2.75) is 32.9 Å². The Morgan fingerprint density at radius 1 is 1.16 bits per heavy atom. The van der Waals surface area contributed by atoms with Gasteiger partial charge in [-0.15, -0.1) is 5.10 Å². The van der Waals surface area contributed by atoms with Crippen molar-refractivity contribution < 1.29 is 9.53 Å². The smallest absolute Gasteiger partial charge is 0.271 e. The van der Waals surface area contributed by atoms with Crippen molar-refractivity contribution in [1.29, 1.82) is 0 Å². The van der Waals surface area contributed by atoms with Crippen LogP contribution in [0.25, 0.3) is 5.69 Å². The largest absolute Gasteiger partial charge is 0.463 e. The summed E-state index contributed by atoms with van der Waals surface area (Å²) in [5.41, 5.74) is 3.16. The van der Waals surface area contributed by atoms with Gasteiger partial charge in [-0.05, 0) is 48.7 Å². The van der Waals surface area contributed by atoms with Crippen molar-refractivity contribution in [2.24, 2.45) is 0 Å². The van der Waals surface area contributed by atoms with E-state index in [0.29, 0.717) is 23.7 Å². The summed E-state index contributed by atoms with van der Waals surface area (Å²) in [6, 6.07) is 16.0. The molecule has 1 atom stereocenters. The van der Waals surface area contributed by atoms with E-state index in [1.54, 1.807) is 12.1 Å². The Balaban J connectivity index is 1.71. The monoisotopic (exact) mass is 454 g/mol. The van der Waals surface area contributed by atoms with Gasteiger partial charge >= 0.3 is 0 Å². The van der Waals surface area contributed by atoms with Crippen molar-refractivity contribution >= 4 is 23.2 Å². The lowest BCUT2D eigenvalue weighted by atomic mass is 10.2. The van der Waals surface area contributed by atoms with E-state index in [1.165, 1.54) is 16.8 Å². The summed E-state index contributed by atoms with van der Waals surface area (Å²) in [7, 11) is 3.95. The molecule has 32 heavy (non-hydrogen) atoms. The van der Waals surface area contributed by atoms with Crippen molar-refractivity contribution in [3.05, 3.63) is 81.1 Å². The number of anilines is 1. The van der Waals surface area contributed by atoms with Crippen LogP contribution in [0.15, 0.2) is 59.4 Å². The second kappa shape index (κ2) is 10.3. The fourth-order valence-corrected chi connectivity index (χ4v) is 3.29. The number of amides is 1. The first kappa shape index (κ1) is 23.3. The van der Waals surface area contributed by atoms with E-state index in [-0.39, 0.29) is 17.3 Å². The van der Waals surface area contributed by atoms with Gasteiger partial charge in [0.15, 0.2) is 6.10 Å². The molecule has 1 heterocycles. The zero-order valence-electron chi connectivity index (χ0n) is 18.6. The van der Waals surface area contributed by atoms with E-state index < -0.39 is 6.10 Å². The molecule has 3 rings (SSSR count). The SMILES string of the molecule is CC[C@@H](Oc1ccc(=O)n(-c2cc(Cl)ccc2C)n1)C(=O)NCc1ccc(N(C)C)cc1. The van der Waals surface area contributed by atoms with Crippen molar-refractivity contribution in [1.82, 2.24) is 15.1 Å². The number of halogens is 1. The molecule has 1 amide bonds. The normalized spacial score (nSPS) is 11.7. The third kappa shape index (κ3) is 5.68. The number of carbonyl (C=O) groups excluding carboxylic acids is 1. The molecule has 0 unspecified atom stereocenters. The zero-order chi connectivity index (χ0) is 23.3. The van der Waals surface area contributed by atoms with Gasteiger partial charge in [-0.2, -0.15) is 4.68 Å². The molecule has 0 aliphatic rings.